The molecule has 0 aliphatic rings. The zero-order valence-electron chi connectivity index (χ0n) is 7.52. The van der Waals surface area contributed by atoms with E-state index in [1.807, 2.05) is 12.1 Å². The minimum Gasteiger partial charge on any atom is -0.497 e. The van der Waals surface area contributed by atoms with E-state index in [-0.39, 0.29) is 0 Å². The molecule has 0 unspecified atom stereocenters. The highest BCUT2D eigenvalue weighted by Crippen LogP contribution is 2.23. The fourth-order valence-corrected chi connectivity index (χ4v) is 1.95. The lowest BCUT2D eigenvalue weighted by atomic mass is 10.1. The number of methoxy groups -OCH3 is 1. The van der Waals surface area contributed by atoms with Crippen LogP contribution in [0, 0.1) is 0 Å². The third-order valence-electron chi connectivity index (χ3n) is 1.84. The average Bonchev–Trinajstić information content (AvgIpc) is 2.16. The van der Waals surface area contributed by atoms with Gasteiger partial charge in [-0.2, -0.15) is 0 Å². The maximum absolute atomic E-state index is 5.12. The maximum Gasteiger partial charge on any atom is 0.120 e. The lowest BCUT2D eigenvalue weighted by molar-refractivity contribution is 0.414. The molecule has 0 bridgehead atoms. The summed E-state index contributed by atoms with van der Waals surface area (Å²) in [6.07, 6.45) is 2.25. The second-order valence-corrected chi connectivity index (χ2v) is 4.40. The Bertz CT molecular complexity index is 274. The van der Waals surface area contributed by atoms with Crippen LogP contribution in [0.15, 0.2) is 22.7 Å². The van der Waals surface area contributed by atoms with Gasteiger partial charge in [0, 0.05) is 9.80 Å². The summed E-state index contributed by atoms with van der Waals surface area (Å²) in [5, 5.41) is 1.05. The van der Waals surface area contributed by atoms with Gasteiger partial charge in [-0.15, -0.1) is 0 Å². The van der Waals surface area contributed by atoms with Gasteiger partial charge in [0.05, 0.1) is 7.11 Å². The van der Waals surface area contributed by atoms with Crippen molar-refractivity contribution in [1.29, 1.82) is 0 Å². The zero-order valence-corrected chi connectivity index (χ0v) is 10.7. The Morgan fingerprint density at radius 1 is 1.38 bits per heavy atom. The Labute approximate surface area is 95.7 Å². The van der Waals surface area contributed by atoms with E-state index in [1.165, 1.54) is 5.56 Å². The van der Waals surface area contributed by atoms with Crippen molar-refractivity contribution in [3.05, 3.63) is 28.2 Å². The molecule has 72 valence electrons. The van der Waals surface area contributed by atoms with Crippen molar-refractivity contribution in [3.63, 3.8) is 0 Å². The highest BCUT2D eigenvalue weighted by atomic mass is 79.9. The minimum atomic E-state index is 0.898. The van der Waals surface area contributed by atoms with E-state index in [0.717, 1.165) is 28.4 Å². The average molecular weight is 308 g/mol. The van der Waals surface area contributed by atoms with Crippen LogP contribution in [-0.2, 0) is 6.42 Å². The summed E-state index contributed by atoms with van der Waals surface area (Å²) in [6, 6.07) is 6.10. The van der Waals surface area contributed by atoms with Gasteiger partial charge in [-0.1, -0.05) is 37.9 Å². The predicted molar refractivity (Wildman–Crippen MR) is 62.8 cm³/mol. The standard InChI is InChI=1S/C10H12Br2O/c1-13-9-5-4-8(3-2-6-11)10(12)7-9/h4-5,7H,2-3,6H2,1H3. The molecule has 0 aliphatic carbocycles. The molecule has 0 saturated carbocycles. The van der Waals surface area contributed by atoms with Gasteiger partial charge in [-0.25, -0.2) is 0 Å². The number of ether oxygens (including phenoxy) is 1. The Kier molecular flexibility index (Phi) is 4.81. The third kappa shape index (κ3) is 3.31. The molecule has 0 spiro atoms. The molecular formula is C10H12Br2O. The quantitative estimate of drug-likeness (QED) is 0.769. The fourth-order valence-electron chi connectivity index (χ4n) is 1.12. The van der Waals surface area contributed by atoms with E-state index in [0.29, 0.717) is 0 Å². The van der Waals surface area contributed by atoms with Crippen LogP contribution in [0.5, 0.6) is 5.75 Å². The van der Waals surface area contributed by atoms with Crippen LogP contribution < -0.4 is 4.74 Å². The highest BCUT2D eigenvalue weighted by molar-refractivity contribution is 9.10. The lowest BCUT2D eigenvalue weighted by Crippen LogP contribution is -1.89. The van der Waals surface area contributed by atoms with E-state index in [4.69, 9.17) is 4.74 Å². The maximum atomic E-state index is 5.12. The van der Waals surface area contributed by atoms with Crippen LogP contribution in [-0.4, -0.2) is 12.4 Å². The molecule has 0 N–H and O–H groups in total. The molecular weight excluding hydrogens is 296 g/mol. The van der Waals surface area contributed by atoms with Gasteiger partial charge < -0.3 is 4.74 Å². The van der Waals surface area contributed by atoms with E-state index < -0.39 is 0 Å². The van der Waals surface area contributed by atoms with Crippen LogP contribution in [0.25, 0.3) is 0 Å². The normalized spacial score (nSPS) is 10.1. The van der Waals surface area contributed by atoms with Crippen molar-refractivity contribution in [2.24, 2.45) is 0 Å². The smallest absolute Gasteiger partial charge is 0.120 e. The molecule has 0 radical (unpaired) electrons. The summed E-state index contributed by atoms with van der Waals surface area (Å²) >= 11 is 6.94. The first-order valence-corrected chi connectivity index (χ1v) is 6.07. The summed E-state index contributed by atoms with van der Waals surface area (Å²) in [5.74, 6) is 0.898. The molecule has 1 nitrogen and oxygen atoms in total. The van der Waals surface area contributed by atoms with Crippen molar-refractivity contribution in [3.8, 4) is 5.75 Å². The first kappa shape index (κ1) is 11.1. The monoisotopic (exact) mass is 306 g/mol. The van der Waals surface area contributed by atoms with Crippen LogP contribution in [0.2, 0.25) is 0 Å². The number of hydrogen-bond donors (Lipinski definition) is 0. The topological polar surface area (TPSA) is 9.23 Å². The molecule has 1 aromatic carbocycles. The molecule has 0 amide bonds. The second-order valence-electron chi connectivity index (χ2n) is 2.75. The van der Waals surface area contributed by atoms with Crippen molar-refractivity contribution in [1.82, 2.24) is 0 Å². The molecule has 0 heterocycles. The van der Waals surface area contributed by atoms with Crippen LogP contribution in [0.3, 0.4) is 0 Å². The van der Waals surface area contributed by atoms with Gasteiger partial charge in [0.15, 0.2) is 0 Å². The van der Waals surface area contributed by atoms with Crippen molar-refractivity contribution in [2.45, 2.75) is 12.8 Å². The van der Waals surface area contributed by atoms with E-state index in [1.54, 1.807) is 7.11 Å². The van der Waals surface area contributed by atoms with Gasteiger partial charge in [-0.3, -0.25) is 0 Å². The van der Waals surface area contributed by atoms with Gasteiger partial charge in [-0.05, 0) is 30.5 Å². The molecule has 0 saturated heterocycles. The summed E-state index contributed by atoms with van der Waals surface area (Å²) in [7, 11) is 1.68. The highest BCUT2D eigenvalue weighted by Gasteiger charge is 2.00. The van der Waals surface area contributed by atoms with Gasteiger partial charge in [0.1, 0.15) is 5.75 Å². The Hall–Kier alpha value is -0.0200. The van der Waals surface area contributed by atoms with Crippen molar-refractivity contribution in [2.75, 3.05) is 12.4 Å². The molecule has 0 aliphatic heterocycles. The van der Waals surface area contributed by atoms with Crippen LogP contribution in [0.4, 0.5) is 0 Å². The summed E-state index contributed by atoms with van der Waals surface area (Å²) in [6.45, 7) is 0. The third-order valence-corrected chi connectivity index (χ3v) is 3.14. The molecule has 0 atom stereocenters. The molecule has 3 heteroatoms. The number of halogens is 2. The van der Waals surface area contributed by atoms with E-state index in [9.17, 15) is 0 Å². The number of benzene rings is 1. The minimum absolute atomic E-state index is 0.898. The van der Waals surface area contributed by atoms with Gasteiger partial charge >= 0.3 is 0 Å². The molecule has 13 heavy (non-hydrogen) atoms. The fraction of sp³-hybridized carbons (Fsp3) is 0.400. The zero-order chi connectivity index (χ0) is 9.68. The number of rotatable bonds is 4. The van der Waals surface area contributed by atoms with Crippen LogP contribution in [0.1, 0.15) is 12.0 Å². The predicted octanol–water partition coefficient (Wildman–Crippen LogP) is 3.79. The van der Waals surface area contributed by atoms with Crippen molar-refractivity contribution >= 4 is 31.9 Å². The molecule has 0 aromatic heterocycles. The second kappa shape index (κ2) is 5.66. The molecule has 0 fully saturated rings. The summed E-state index contributed by atoms with van der Waals surface area (Å²) in [4.78, 5) is 0. The number of alkyl halides is 1. The SMILES string of the molecule is COc1ccc(CCCBr)c(Br)c1. The van der Waals surface area contributed by atoms with Gasteiger partial charge in [0.2, 0.25) is 0 Å². The number of aryl methyl sites for hydroxylation is 1. The molecule has 1 rings (SSSR count). The lowest BCUT2D eigenvalue weighted by Gasteiger charge is -2.05. The molecule has 1 aromatic rings. The first-order chi connectivity index (χ1) is 6.27. The Morgan fingerprint density at radius 3 is 2.69 bits per heavy atom. The number of hydrogen-bond acceptors (Lipinski definition) is 1. The largest absolute Gasteiger partial charge is 0.497 e. The Morgan fingerprint density at radius 2 is 2.15 bits per heavy atom. The van der Waals surface area contributed by atoms with E-state index >= 15 is 0 Å². The first-order valence-electron chi connectivity index (χ1n) is 4.16. The van der Waals surface area contributed by atoms with Crippen molar-refractivity contribution < 1.29 is 4.74 Å². The summed E-state index contributed by atoms with van der Waals surface area (Å²) < 4.78 is 6.25. The summed E-state index contributed by atoms with van der Waals surface area (Å²) in [5.41, 5.74) is 1.33. The van der Waals surface area contributed by atoms with E-state index in [2.05, 4.69) is 37.9 Å². The van der Waals surface area contributed by atoms with Gasteiger partial charge in [0.25, 0.3) is 0 Å². The Balaban J connectivity index is 2.73. The van der Waals surface area contributed by atoms with Crippen LogP contribution >= 0.6 is 31.9 Å².